The third-order valence-electron chi connectivity index (χ3n) is 4.07. The Kier molecular flexibility index (Phi) is 3.62. The first kappa shape index (κ1) is 15.8. The van der Waals surface area contributed by atoms with Crippen LogP contribution in [0.1, 0.15) is 33.3 Å². The molecule has 0 amide bonds. The molecule has 0 bridgehead atoms. The molecule has 7 nitrogen and oxygen atoms in total. The topological polar surface area (TPSA) is 115 Å². The minimum Gasteiger partial charge on any atom is -0.463 e. The Morgan fingerprint density at radius 3 is 2.85 bits per heavy atom. The molecular weight excluding hydrogens is 339 g/mol. The fourth-order valence-electron chi connectivity index (χ4n) is 2.93. The number of furan rings is 1. The van der Waals surface area contributed by atoms with Gasteiger partial charge in [-0.3, -0.25) is 0 Å². The summed E-state index contributed by atoms with van der Waals surface area (Å²) >= 11 is 0. The van der Waals surface area contributed by atoms with Gasteiger partial charge in [0.25, 0.3) is 0 Å². The quantitative estimate of drug-likeness (QED) is 0.722. The van der Waals surface area contributed by atoms with E-state index in [0.29, 0.717) is 5.76 Å². The number of fused-ring (bicyclic) bond motifs is 1. The molecule has 2 N–H and O–H groups in total. The van der Waals surface area contributed by atoms with Crippen LogP contribution in [0.25, 0.3) is 11.5 Å². The van der Waals surface area contributed by atoms with Crippen LogP contribution in [0.4, 0.5) is 10.3 Å². The lowest BCUT2D eigenvalue weighted by Crippen LogP contribution is -2.08. The molecule has 2 aromatic heterocycles. The van der Waals surface area contributed by atoms with Crippen LogP contribution in [0, 0.1) is 17.1 Å². The van der Waals surface area contributed by atoms with Crippen molar-refractivity contribution in [3.8, 4) is 17.5 Å². The molecule has 0 radical (unpaired) electrons. The number of cyclic esters (lactones) is 1. The zero-order valence-corrected chi connectivity index (χ0v) is 13.3. The molecule has 1 aliphatic rings. The third-order valence-corrected chi connectivity index (χ3v) is 4.07. The van der Waals surface area contributed by atoms with Crippen molar-refractivity contribution in [2.75, 3.05) is 5.73 Å². The monoisotopic (exact) mass is 350 g/mol. The van der Waals surface area contributed by atoms with E-state index < -0.39 is 17.9 Å². The average Bonchev–Trinajstić information content (AvgIpc) is 3.25. The maximum Gasteiger partial charge on any atom is 0.343 e. The molecule has 1 unspecified atom stereocenters. The van der Waals surface area contributed by atoms with E-state index in [0.717, 1.165) is 0 Å². The number of hydrogen-bond donors (Lipinski definition) is 1. The van der Waals surface area contributed by atoms with E-state index >= 15 is 0 Å². The number of ether oxygens (including phenoxy) is 1. The van der Waals surface area contributed by atoms with Crippen LogP contribution in [-0.2, 0) is 11.2 Å². The molecule has 3 aromatic rings. The van der Waals surface area contributed by atoms with Crippen molar-refractivity contribution in [2.24, 2.45) is 0 Å². The number of esters is 1. The lowest BCUT2D eigenvalue weighted by Gasteiger charge is -2.11. The molecule has 4 rings (SSSR count). The minimum absolute atomic E-state index is 0.0220. The summed E-state index contributed by atoms with van der Waals surface area (Å²) in [7, 11) is 0. The van der Waals surface area contributed by atoms with Crippen molar-refractivity contribution in [2.45, 2.75) is 12.5 Å². The van der Waals surface area contributed by atoms with Crippen LogP contribution in [0.5, 0.6) is 0 Å². The van der Waals surface area contributed by atoms with Crippen molar-refractivity contribution in [3.63, 3.8) is 0 Å². The second kappa shape index (κ2) is 5.97. The Hall–Kier alpha value is -3.73. The highest BCUT2D eigenvalue weighted by Crippen LogP contribution is 2.37. The van der Waals surface area contributed by atoms with Crippen LogP contribution >= 0.6 is 0 Å². The van der Waals surface area contributed by atoms with Gasteiger partial charge in [-0.2, -0.15) is 5.26 Å². The normalized spacial score (nSPS) is 15.4. The maximum absolute atomic E-state index is 14.3. The highest BCUT2D eigenvalue weighted by Gasteiger charge is 2.37. The number of hydrogen-bond acceptors (Lipinski definition) is 7. The number of nitrogen functional groups attached to an aromatic ring is 1. The van der Waals surface area contributed by atoms with E-state index in [4.69, 9.17) is 20.1 Å². The van der Waals surface area contributed by atoms with Crippen LogP contribution in [0.3, 0.4) is 0 Å². The lowest BCUT2D eigenvalue weighted by molar-refractivity contribution is 0.0381. The van der Waals surface area contributed by atoms with Gasteiger partial charge in [0, 0.05) is 6.42 Å². The summed E-state index contributed by atoms with van der Waals surface area (Å²) in [5.41, 5.74) is 6.59. The van der Waals surface area contributed by atoms with Crippen LogP contribution in [-0.4, -0.2) is 15.9 Å². The summed E-state index contributed by atoms with van der Waals surface area (Å²) in [4.78, 5) is 20.6. The fourth-order valence-corrected chi connectivity index (χ4v) is 2.93. The molecule has 0 saturated carbocycles. The molecule has 1 aliphatic heterocycles. The standard InChI is InChI=1S/C18H11FN4O3/c19-14-9(3-1-4-10(14)8-20)7-12-16-13(17(24)26-12)15(22-18(21)23-16)11-5-2-6-25-11/h1-6,12H,7H2,(H2,21,22,23). The summed E-state index contributed by atoms with van der Waals surface area (Å²) < 4.78 is 25.0. The number of nitrogens with zero attached hydrogens (tertiary/aromatic N) is 3. The Bertz CT molecular complexity index is 1060. The molecular formula is C18H11FN4O3. The van der Waals surface area contributed by atoms with Gasteiger partial charge in [-0.15, -0.1) is 0 Å². The number of aromatic nitrogens is 2. The van der Waals surface area contributed by atoms with Gasteiger partial charge in [-0.25, -0.2) is 19.2 Å². The van der Waals surface area contributed by atoms with Crippen molar-refractivity contribution < 1.29 is 18.3 Å². The van der Waals surface area contributed by atoms with Crippen LogP contribution in [0.15, 0.2) is 41.0 Å². The fraction of sp³-hybridized carbons (Fsp3) is 0.111. The number of benzene rings is 1. The van der Waals surface area contributed by atoms with Crippen molar-refractivity contribution in [1.82, 2.24) is 9.97 Å². The molecule has 0 spiro atoms. The van der Waals surface area contributed by atoms with Gasteiger partial charge < -0.3 is 14.9 Å². The summed E-state index contributed by atoms with van der Waals surface area (Å²) in [6, 6.07) is 9.55. The number of carbonyl (C=O) groups excluding carboxylic acids is 1. The number of carbonyl (C=O) groups is 1. The van der Waals surface area contributed by atoms with E-state index in [1.807, 2.05) is 0 Å². The number of nitriles is 1. The molecule has 0 aliphatic carbocycles. The van der Waals surface area contributed by atoms with Crippen molar-refractivity contribution >= 4 is 11.9 Å². The Morgan fingerprint density at radius 2 is 2.12 bits per heavy atom. The molecule has 1 atom stereocenters. The van der Waals surface area contributed by atoms with Gasteiger partial charge >= 0.3 is 5.97 Å². The summed E-state index contributed by atoms with van der Waals surface area (Å²) in [5, 5.41) is 8.96. The van der Waals surface area contributed by atoms with E-state index in [9.17, 15) is 9.18 Å². The number of anilines is 1. The van der Waals surface area contributed by atoms with Gasteiger partial charge in [0.15, 0.2) is 5.76 Å². The van der Waals surface area contributed by atoms with E-state index in [-0.39, 0.29) is 40.4 Å². The SMILES string of the molecule is N#Cc1cccc(CC2OC(=O)c3c(-c4ccco4)nc(N)nc32)c1F. The second-order valence-corrected chi connectivity index (χ2v) is 5.66. The number of nitrogens with two attached hydrogens (primary N) is 1. The van der Waals surface area contributed by atoms with Gasteiger partial charge in [-0.1, -0.05) is 12.1 Å². The Morgan fingerprint density at radius 1 is 1.27 bits per heavy atom. The molecule has 1 aromatic carbocycles. The molecule has 0 saturated heterocycles. The van der Waals surface area contributed by atoms with Crippen molar-refractivity contribution in [1.29, 1.82) is 5.26 Å². The zero-order valence-electron chi connectivity index (χ0n) is 13.3. The highest BCUT2D eigenvalue weighted by molar-refractivity contribution is 5.99. The summed E-state index contributed by atoms with van der Waals surface area (Å²) in [6.07, 6.45) is 0.634. The Labute approximate surface area is 146 Å². The molecule has 8 heteroatoms. The second-order valence-electron chi connectivity index (χ2n) is 5.66. The first-order valence-electron chi connectivity index (χ1n) is 7.68. The predicted molar refractivity (Wildman–Crippen MR) is 87.1 cm³/mol. The van der Waals surface area contributed by atoms with Crippen LogP contribution in [0.2, 0.25) is 0 Å². The number of rotatable bonds is 3. The molecule has 0 fully saturated rings. The van der Waals surface area contributed by atoms with Crippen LogP contribution < -0.4 is 5.73 Å². The van der Waals surface area contributed by atoms with Gasteiger partial charge in [0.05, 0.1) is 11.8 Å². The van der Waals surface area contributed by atoms with E-state index in [1.54, 1.807) is 24.3 Å². The average molecular weight is 350 g/mol. The van der Waals surface area contributed by atoms with Crippen molar-refractivity contribution in [3.05, 3.63) is 64.8 Å². The van der Waals surface area contributed by atoms with Gasteiger partial charge in [0.2, 0.25) is 5.95 Å². The molecule has 26 heavy (non-hydrogen) atoms. The van der Waals surface area contributed by atoms with E-state index in [1.165, 1.54) is 18.4 Å². The van der Waals surface area contributed by atoms with Gasteiger partial charge in [0.1, 0.15) is 34.9 Å². The smallest absolute Gasteiger partial charge is 0.343 e. The first-order chi connectivity index (χ1) is 12.6. The Balaban J connectivity index is 1.78. The summed E-state index contributed by atoms with van der Waals surface area (Å²) in [5.74, 6) is -0.976. The third kappa shape index (κ3) is 2.46. The molecule has 3 heterocycles. The molecule has 128 valence electrons. The van der Waals surface area contributed by atoms with E-state index in [2.05, 4.69) is 9.97 Å². The van der Waals surface area contributed by atoms with Gasteiger partial charge in [-0.05, 0) is 23.8 Å². The predicted octanol–water partition coefficient (Wildman–Crippen LogP) is 2.78. The lowest BCUT2D eigenvalue weighted by atomic mass is 10.0. The zero-order chi connectivity index (χ0) is 18.3. The maximum atomic E-state index is 14.3. The highest BCUT2D eigenvalue weighted by atomic mass is 19.1. The summed E-state index contributed by atoms with van der Waals surface area (Å²) in [6.45, 7) is 0. The first-order valence-corrected chi connectivity index (χ1v) is 7.68. The number of halogens is 1. The minimum atomic E-state index is -0.833. The largest absolute Gasteiger partial charge is 0.463 e.